The molecule has 0 spiro atoms. The molecule has 3 rings (SSSR count). The lowest BCUT2D eigenvalue weighted by Gasteiger charge is -2.08. The number of halogens is 1. The van der Waals surface area contributed by atoms with Gasteiger partial charge in [-0.25, -0.2) is 0 Å². The number of fused-ring (bicyclic) bond motifs is 1. The zero-order valence-electron chi connectivity index (χ0n) is 12.5. The fourth-order valence-corrected chi connectivity index (χ4v) is 2.19. The highest BCUT2D eigenvalue weighted by Crippen LogP contribution is 2.20. The van der Waals surface area contributed by atoms with E-state index in [-0.39, 0.29) is 17.0 Å². The van der Waals surface area contributed by atoms with Gasteiger partial charge in [0.05, 0.1) is 12.3 Å². The van der Waals surface area contributed by atoms with Crippen molar-refractivity contribution in [1.29, 1.82) is 0 Å². The molecule has 0 aliphatic heterocycles. The molecule has 0 aliphatic rings. The maximum Gasteiger partial charge on any atom is 0.212 e. The molecule has 2 heterocycles. The van der Waals surface area contributed by atoms with Gasteiger partial charge in [0.2, 0.25) is 5.52 Å². The summed E-state index contributed by atoms with van der Waals surface area (Å²) in [5.41, 5.74) is 3.29. The van der Waals surface area contributed by atoms with Gasteiger partial charge >= 0.3 is 0 Å². The highest BCUT2D eigenvalue weighted by molar-refractivity contribution is 5.63. The second kappa shape index (κ2) is 7.80. The molecule has 1 aromatic carbocycles. The van der Waals surface area contributed by atoms with Crippen LogP contribution < -0.4 is 31.4 Å². The van der Waals surface area contributed by atoms with Gasteiger partial charge in [0.1, 0.15) is 5.75 Å². The number of nitrogens with zero attached hydrogens (tertiary/aromatic N) is 1. The molecular weight excluding hydrogens is 340 g/mol. The van der Waals surface area contributed by atoms with Crippen molar-refractivity contribution in [3.63, 3.8) is 0 Å². The second-order valence-electron chi connectivity index (χ2n) is 4.95. The Morgan fingerprint density at radius 1 is 0.955 bits per heavy atom. The van der Waals surface area contributed by atoms with Crippen LogP contribution in [-0.4, -0.2) is 6.61 Å². The van der Waals surface area contributed by atoms with Crippen molar-refractivity contribution >= 4 is 16.9 Å². The van der Waals surface area contributed by atoms with Crippen LogP contribution >= 0.6 is 0 Å². The predicted molar refractivity (Wildman–Crippen MR) is 85.1 cm³/mol. The highest BCUT2D eigenvalue weighted by Gasteiger charge is 2.03. The van der Waals surface area contributed by atoms with Crippen molar-refractivity contribution in [2.24, 2.45) is 0 Å². The molecule has 0 unspecified atom stereocenters. The maximum absolute atomic E-state index is 5.59. The van der Waals surface area contributed by atoms with Crippen molar-refractivity contribution in [1.82, 2.24) is 0 Å². The molecule has 0 atom stereocenters. The highest BCUT2D eigenvalue weighted by atomic mass is 79.9. The van der Waals surface area contributed by atoms with Gasteiger partial charge in [0.25, 0.3) is 0 Å². The minimum absolute atomic E-state index is 0. The van der Waals surface area contributed by atoms with E-state index in [0.29, 0.717) is 0 Å². The van der Waals surface area contributed by atoms with Crippen LogP contribution in [0, 0.1) is 0 Å². The number of hydrogen-bond acceptors (Lipinski definition) is 2. The summed E-state index contributed by atoms with van der Waals surface area (Å²) >= 11 is 0. The summed E-state index contributed by atoms with van der Waals surface area (Å²) in [5.74, 6) is 0.913. The summed E-state index contributed by atoms with van der Waals surface area (Å²) in [4.78, 5) is 0. The van der Waals surface area contributed by atoms with Crippen LogP contribution in [0.5, 0.6) is 5.75 Å². The van der Waals surface area contributed by atoms with E-state index in [1.165, 1.54) is 0 Å². The van der Waals surface area contributed by atoms with E-state index in [0.717, 1.165) is 35.7 Å². The number of pyridine rings is 2. The van der Waals surface area contributed by atoms with E-state index in [2.05, 4.69) is 41.0 Å². The smallest absolute Gasteiger partial charge is 0.212 e. The average molecular weight is 359 g/mol. The predicted octanol–water partition coefficient (Wildman–Crippen LogP) is 0.962. The van der Waals surface area contributed by atoms with Gasteiger partial charge in [-0.1, -0.05) is 6.92 Å². The quantitative estimate of drug-likeness (QED) is 0.687. The Bertz CT molecular complexity index is 728. The van der Waals surface area contributed by atoms with Crippen LogP contribution in [-0.2, 0) is 0 Å². The molecule has 0 fully saturated rings. The molecule has 22 heavy (non-hydrogen) atoms. The Hall–Kier alpha value is -2.07. The number of aromatic nitrogens is 1. The fourth-order valence-electron chi connectivity index (χ4n) is 2.19. The Balaban J connectivity index is 0.00000176. The molecular formula is C18H19BrN2O. The fraction of sp³-hybridized carbons (Fsp3) is 0.167. The lowest BCUT2D eigenvalue weighted by atomic mass is 10.2. The lowest BCUT2D eigenvalue weighted by Crippen LogP contribution is -3.00. The average Bonchev–Trinajstić information content (AvgIpc) is 2.54. The monoisotopic (exact) mass is 358 g/mol. The third-order valence-electron chi connectivity index (χ3n) is 3.26. The van der Waals surface area contributed by atoms with Crippen LogP contribution in [0.4, 0.5) is 11.4 Å². The van der Waals surface area contributed by atoms with Gasteiger partial charge in [-0.15, -0.1) is 0 Å². The van der Waals surface area contributed by atoms with Gasteiger partial charge in [-0.2, -0.15) is 4.40 Å². The van der Waals surface area contributed by atoms with Crippen LogP contribution in [0.15, 0.2) is 67.0 Å². The van der Waals surface area contributed by atoms with Gasteiger partial charge in [0.15, 0.2) is 12.4 Å². The van der Waals surface area contributed by atoms with Gasteiger partial charge in [-0.05, 0) is 36.8 Å². The molecule has 2 aromatic heterocycles. The third-order valence-corrected chi connectivity index (χ3v) is 3.26. The van der Waals surface area contributed by atoms with E-state index in [1.807, 2.05) is 42.6 Å². The summed E-state index contributed by atoms with van der Waals surface area (Å²) in [7, 11) is 0. The van der Waals surface area contributed by atoms with E-state index >= 15 is 0 Å². The van der Waals surface area contributed by atoms with Crippen LogP contribution in [0.2, 0.25) is 0 Å². The summed E-state index contributed by atoms with van der Waals surface area (Å²) in [5, 5.41) is 3.41. The molecule has 114 valence electrons. The molecule has 0 radical (unpaired) electrons. The Morgan fingerprint density at radius 2 is 1.77 bits per heavy atom. The van der Waals surface area contributed by atoms with E-state index in [4.69, 9.17) is 4.74 Å². The van der Waals surface area contributed by atoms with Crippen molar-refractivity contribution in [3.8, 4) is 5.75 Å². The number of hydrogen-bond donors (Lipinski definition) is 1. The maximum atomic E-state index is 5.59. The van der Waals surface area contributed by atoms with Crippen molar-refractivity contribution in [2.45, 2.75) is 13.3 Å². The van der Waals surface area contributed by atoms with Crippen LogP contribution in [0.3, 0.4) is 0 Å². The lowest BCUT2D eigenvalue weighted by molar-refractivity contribution is -0.511. The topological polar surface area (TPSA) is 25.4 Å². The second-order valence-corrected chi connectivity index (χ2v) is 4.95. The minimum atomic E-state index is 0. The Labute approximate surface area is 141 Å². The number of rotatable bonds is 5. The largest absolute Gasteiger partial charge is 1.00 e. The van der Waals surface area contributed by atoms with E-state index in [1.54, 1.807) is 0 Å². The summed E-state index contributed by atoms with van der Waals surface area (Å²) in [6, 6.07) is 18.4. The molecule has 3 aromatic rings. The van der Waals surface area contributed by atoms with E-state index < -0.39 is 0 Å². The first-order valence-electron chi connectivity index (χ1n) is 7.25. The molecule has 1 N–H and O–H groups in total. The third kappa shape index (κ3) is 3.98. The van der Waals surface area contributed by atoms with E-state index in [9.17, 15) is 0 Å². The molecule has 0 saturated carbocycles. The SMILES string of the molecule is CCCOc1ccc(Nc2cc[n+]3ccccc3c2)cc1.[Br-]. The number of ether oxygens (including phenoxy) is 1. The zero-order chi connectivity index (χ0) is 14.5. The van der Waals surface area contributed by atoms with Gasteiger partial charge < -0.3 is 27.0 Å². The molecule has 0 amide bonds. The first kappa shape index (κ1) is 16.3. The molecule has 4 heteroatoms. The number of nitrogens with one attached hydrogen (secondary N) is 1. The normalized spacial score (nSPS) is 10.0. The van der Waals surface area contributed by atoms with Crippen molar-refractivity contribution in [2.75, 3.05) is 11.9 Å². The Morgan fingerprint density at radius 3 is 2.55 bits per heavy atom. The summed E-state index contributed by atoms with van der Waals surface area (Å²) in [6.07, 6.45) is 5.12. The standard InChI is InChI=1S/C18H18N2O.BrH/c1-2-13-21-18-8-6-15(7-9-18)19-16-10-12-20-11-4-3-5-17(20)14-16;/h3-12,14H,2,13H2,1H3;1H. The molecule has 3 nitrogen and oxygen atoms in total. The zero-order valence-corrected chi connectivity index (χ0v) is 14.1. The molecule has 0 saturated heterocycles. The molecule has 0 bridgehead atoms. The minimum Gasteiger partial charge on any atom is -1.00 e. The Kier molecular flexibility index (Phi) is 5.78. The summed E-state index contributed by atoms with van der Waals surface area (Å²) in [6.45, 7) is 2.86. The summed E-state index contributed by atoms with van der Waals surface area (Å²) < 4.78 is 7.68. The first-order chi connectivity index (χ1) is 10.3. The molecule has 0 aliphatic carbocycles. The van der Waals surface area contributed by atoms with Crippen molar-refractivity contribution in [3.05, 3.63) is 67.0 Å². The first-order valence-corrected chi connectivity index (χ1v) is 7.25. The van der Waals surface area contributed by atoms with Crippen LogP contribution in [0.25, 0.3) is 5.52 Å². The van der Waals surface area contributed by atoms with Gasteiger partial charge in [-0.3, -0.25) is 0 Å². The van der Waals surface area contributed by atoms with Crippen LogP contribution in [0.1, 0.15) is 13.3 Å². The number of benzene rings is 1. The van der Waals surface area contributed by atoms with Crippen molar-refractivity contribution < 1.29 is 26.1 Å². The number of anilines is 2. The van der Waals surface area contributed by atoms with Gasteiger partial charge in [0, 0.05) is 30.0 Å².